The lowest BCUT2D eigenvalue weighted by Crippen LogP contribution is -2.53. The zero-order valence-electron chi connectivity index (χ0n) is 24.8. The van der Waals surface area contributed by atoms with Crippen molar-refractivity contribution in [1.82, 2.24) is 10.2 Å². The van der Waals surface area contributed by atoms with Crippen molar-refractivity contribution in [3.05, 3.63) is 94.0 Å². The van der Waals surface area contributed by atoms with Crippen LogP contribution in [0, 0.1) is 20.8 Å². The maximum atomic E-state index is 14.2. The smallest absolute Gasteiger partial charge is 0.264 e. The Morgan fingerprint density at radius 2 is 1.62 bits per heavy atom. The van der Waals surface area contributed by atoms with E-state index in [1.54, 1.807) is 44.2 Å². The van der Waals surface area contributed by atoms with Gasteiger partial charge in [-0.05, 0) is 82.0 Å². The number of anilines is 1. The number of hydrogen-bond donors (Lipinski definition) is 1. The number of nitrogens with zero attached hydrogens (tertiary/aromatic N) is 2. The van der Waals surface area contributed by atoms with Crippen molar-refractivity contribution < 1.29 is 18.0 Å². The molecule has 1 N–H and O–H groups in total. The first kappa shape index (κ1) is 31.6. The lowest BCUT2D eigenvalue weighted by atomic mass is 9.95. The second kappa shape index (κ2) is 13.7. The Labute approximate surface area is 254 Å². The van der Waals surface area contributed by atoms with Crippen LogP contribution in [0.15, 0.2) is 71.6 Å². The molecule has 1 fully saturated rings. The van der Waals surface area contributed by atoms with Gasteiger partial charge in [-0.2, -0.15) is 0 Å². The third-order valence-electron chi connectivity index (χ3n) is 7.87. The van der Waals surface area contributed by atoms with Crippen molar-refractivity contribution in [3.8, 4) is 0 Å². The molecule has 42 heavy (non-hydrogen) atoms. The molecular formula is C33H40ClN3O4S. The largest absolute Gasteiger partial charge is 0.352 e. The summed E-state index contributed by atoms with van der Waals surface area (Å²) >= 11 is 6.20. The average molecular weight is 610 g/mol. The maximum absolute atomic E-state index is 14.2. The predicted molar refractivity (Wildman–Crippen MR) is 168 cm³/mol. The number of amides is 2. The molecule has 7 nitrogen and oxygen atoms in total. The summed E-state index contributed by atoms with van der Waals surface area (Å²) in [5.41, 5.74) is 3.76. The third-order valence-corrected chi connectivity index (χ3v) is 9.88. The van der Waals surface area contributed by atoms with Gasteiger partial charge in [0.05, 0.1) is 10.6 Å². The minimum Gasteiger partial charge on any atom is -0.352 e. The van der Waals surface area contributed by atoms with Crippen LogP contribution in [-0.2, 0) is 26.2 Å². The number of hydrogen-bond acceptors (Lipinski definition) is 4. The van der Waals surface area contributed by atoms with Crippen LogP contribution in [-0.4, -0.2) is 43.8 Å². The van der Waals surface area contributed by atoms with E-state index in [4.69, 9.17) is 11.6 Å². The van der Waals surface area contributed by atoms with E-state index in [0.29, 0.717) is 16.3 Å². The highest BCUT2D eigenvalue weighted by Gasteiger charge is 2.33. The fourth-order valence-electron chi connectivity index (χ4n) is 5.41. The summed E-state index contributed by atoms with van der Waals surface area (Å²) in [6.07, 6.45) is 5.13. The first-order valence-electron chi connectivity index (χ1n) is 14.5. The number of carbonyl (C=O) groups excluding carboxylic acids is 2. The van der Waals surface area contributed by atoms with Gasteiger partial charge >= 0.3 is 0 Å². The Bertz CT molecular complexity index is 1520. The summed E-state index contributed by atoms with van der Waals surface area (Å²) in [7, 11) is -4.14. The van der Waals surface area contributed by atoms with Crippen LogP contribution in [0.4, 0.5) is 5.69 Å². The fourth-order valence-corrected chi connectivity index (χ4v) is 7.11. The van der Waals surface area contributed by atoms with Crippen molar-refractivity contribution in [3.63, 3.8) is 0 Å². The maximum Gasteiger partial charge on any atom is 0.264 e. The van der Waals surface area contributed by atoms with E-state index in [-0.39, 0.29) is 23.4 Å². The van der Waals surface area contributed by atoms with Gasteiger partial charge in [-0.25, -0.2) is 8.42 Å². The Hall–Kier alpha value is -3.36. The number of carbonyl (C=O) groups is 2. The van der Waals surface area contributed by atoms with E-state index in [0.717, 1.165) is 53.1 Å². The molecule has 0 spiro atoms. The zero-order chi connectivity index (χ0) is 30.4. The summed E-state index contributed by atoms with van der Waals surface area (Å²) in [6.45, 7) is 6.99. The van der Waals surface area contributed by atoms with Crippen LogP contribution < -0.4 is 9.62 Å². The van der Waals surface area contributed by atoms with Crippen molar-refractivity contribution in [2.75, 3.05) is 10.8 Å². The molecule has 1 aliphatic carbocycles. The monoisotopic (exact) mass is 609 g/mol. The summed E-state index contributed by atoms with van der Waals surface area (Å²) < 4.78 is 29.2. The molecule has 0 saturated heterocycles. The fraction of sp³-hybridized carbons (Fsp3) is 0.394. The molecule has 9 heteroatoms. The van der Waals surface area contributed by atoms with Gasteiger partial charge in [0.15, 0.2) is 0 Å². The highest BCUT2D eigenvalue weighted by molar-refractivity contribution is 7.92. The predicted octanol–water partition coefficient (Wildman–Crippen LogP) is 6.33. The van der Waals surface area contributed by atoms with Crippen LogP contribution in [0.3, 0.4) is 0 Å². The molecule has 3 aromatic rings. The second-order valence-corrected chi connectivity index (χ2v) is 13.6. The number of benzene rings is 3. The SMILES string of the molecule is Cc1ccc(S(=O)(=O)N(CC(=O)N(Cc2cccc(C)c2)C(C)C(=O)NC2CCCCC2)c2ccc(Cl)cc2C)cc1. The summed E-state index contributed by atoms with van der Waals surface area (Å²) in [6, 6.07) is 18.4. The minimum absolute atomic E-state index is 0.0728. The minimum atomic E-state index is -4.14. The second-order valence-electron chi connectivity index (χ2n) is 11.3. The van der Waals surface area contributed by atoms with Crippen molar-refractivity contribution in [1.29, 1.82) is 0 Å². The molecule has 224 valence electrons. The number of halogens is 1. The topological polar surface area (TPSA) is 86.8 Å². The van der Waals surface area contributed by atoms with Gasteiger partial charge in [0, 0.05) is 17.6 Å². The Kier molecular flexibility index (Phi) is 10.3. The lowest BCUT2D eigenvalue weighted by molar-refractivity contribution is -0.139. The first-order valence-corrected chi connectivity index (χ1v) is 16.3. The van der Waals surface area contributed by atoms with E-state index in [9.17, 15) is 18.0 Å². The molecule has 3 aromatic carbocycles. The summed E-state index contributed by atoms with van der Waals surface area (Å²) in [4.78, 5) is 29.2. The highest BCUT2D eigenvalue weighted by Crippen LogP contribution is 2.30. The molecule has 1 saturated carbocycles. The van der Waals surface area contributed by atoms with Gasteiger partial charge in [-0.3, -0.25) is 13.9 Å². The van der Waals surface area contributed by atoms with Crippen molar-refractivity contribution >= 4 is 39.1 Å². The third kappa shape index (κ3) is 7.72. The van der Waals surface area contributed by atoms with Crippen molar-refractivity contribution in [2.24, 2.45) is 0 Å². The molecule has 0 aliphatic heterocycles. The molecule has 0 radical (unpaired) electrons. The number of nitrogens with one attached hydrogen (secondary N) is 1. The van der Waals surface area contributed by atoms with Crippen LogP contribution in [0.25, 0.3) is 0 Å². The summed E-state index contributed by atoms with van der Waals surface area (Å²) in [5, 5.41) is 3.60. The first-order chi connectivity index (χ1) is 20.0. The molecule has 0 heterocycles. The standard InChI is InChI=1S/C33H40ClN3O4S/c1-23-13-16-30(17-14-23)42(40,41)37(31-18-15-28(34)20-25(31)3)22-32(38)36(21-27-10-8-9-24(2)19-27)26(4)33(39)35-29-11-6-5-7-12-29/h8-10,13-20,26,29H,5-7,11-12,21-22H2,1-4H3,(H,35,39). The van der Waals surface area contributed by atoms with Gasteiger partial charge < -0.3 is 10.2 Å². The quantitative estimate of drug-likeness (QED) is 0.291. The molecule has 1 atom stereocenters. The molecular weight excluding hydrogens is 570 g/mol. The molecule has 2 amide bonds. The number of rotatable bonds is 10. The molecule has 1 unspecified atom stereocenters. The highest BCUT2D eigenvalue weighted by atomic mass is 35.5. The van der Waals surface area contributed by atoms with Crippen LogP contribution in [0.2, 0.25) is 5.02 Å². The van der Waals surface area contributed by atoms with Crippen LogP contribution in [0.1, 0.15) is 61.3 Å². The van der Waals surface area contributed by atoms with E-state index in [1.807, 2.05) is 38.1 Å². The van der Waals surface area contributed by atoms with E-state index in [2.05, 4.69) is 5.32 Å². The normalized spacial score (nSPS) is 14.7. The molecule has 0 aromatic heterocycles. The van der Waals surface area contributed by atoms with Gasteiger partial charge in [0.25, 0.3) is 10.0 Å². The van der Waals surface area contributed by atoms with Gasteiger partial charge in [-0.15, -0.1) is 0 Å². The van der Waals surface area contributed by atoms with Crippen LogP contribution in [0.5, 0.6) is 0 Å². The van der Waals surface area contributed by atoms with Gasteiger partial charge in [-0.1, -0.05) is 78.4 Å². The molecule has 4 rings (SSSR count). The van der Waals surface area contributed by atoms with E-state index >= 15 is 0 Å². The Morgan fingerprint density at radius 1 is 0.929 bits per heavy atom. The summed E-state index contributed by atoms with van der Waals surface area (Å²) in [5.74, 6) is -0.716. The number of aryl methyl sites for hydroxylation is 3. The number of sulfonamides is 1. The zero-order valence-corrected chi connectivity index (χ0v) is 26.3. The van der Waals surface area contributed by atoms with E-state index < -0.39 is 28.5 Å². The average Bonchev–Trinajstić information content (AvgIpc) is 2.95. The Morgan fingerprint density at radius 3 is 2.26 bits per heavy atom. The van der Waals surface area contributed by atoms with Gasteiger partial charge in [0.2, 0.25) is 11.8 Å². The molecule has 0 bridgehead atoms. The van der Waals surface area contributed by atoms with E-state index in [1.165, 1.54) is 17.0 Å². The molecule has 1 aliphatic rings. The van der Waals surface area contributed by atoms with Crippen LogP contribution >= 0.6 is 11.6 Å². The lowest BCUT2D eigenvalue weighted by Gasteiger charge is -2.33. The Balaban J connectivity index is 1.70. The van der Waals surface area contributed by atoms with Crippen molar-refractivity contribution in [2.45, 2.75) is 83.3 Å². The van der Waals surface area contributed by atoms with Gasteiger partial charge in [0.1, 0.15) is 12.6 Å².